The van der Waals surface area contributed by atoms with Crippen LogP contribution in [0.4, 0.5) is 0 Å². The Bertz CT molecular complexity index is 1000. The predicted octanol–water partition coefficient (Wildman–Crippen LogP) is 2.90. The number of benzene rings is 2. The van der Waals surface area contributed by atoms with E-state index in [9.17, 15) is 15.0 Å². The van der Waals surface area contributed by atoms with Gasteiger partial charge in [-0.1, -0.05) is 6.07 Å². The molecule has 0 radical (unpaired) electrons. The van der Waals surface area contributed by atoms with Crippen molar-refractivity contribution in [2.75, 3.05) is 21.3 Å². The highest BCUT2D eigenvalue weighted by Gasteiger charge is 2.20. The standard InChI is InChI=1S/C18H16O7/c1-22-12-6-9(4-5-11(12)19)10-8-25-13-7-14(23-2)17(21)18(24-3)15(13)16(10)20/h4-8,19,21H,1-3H3. The highest BCUT2D eigenvalue weighted by molar-refractivity contribution is 5.91. The third-order valence-electron chi connectivity index (χ3n) is 3.87. The molecule has 0 saturated heterocycles. The first-order valence-electron chi connectivity index (χ1n) is 7.28. The van der Waals surface area contributed by atoms with Crippen LogP contribution in [0.1, 0.15) is 0 Å². The molecule has 7 heteroatoms. The molecule has 0 bridgehead atoms. The summed E-state index contributed by atoms with van der Waals surface area (Å²) in [5, 5.41) is 20.0. The number of hydrogen-bond acceptors (Lipinski definition) is 7. The molecule has 2 N–H and O–H groups in total. The molecule has 0 atom stereocenters. The lowest BCUT2D eigenvalue weighted by atomic mass is 10.0. The van der Waals surface area contributed by atoms with Crippen LogP contribution in [0.5, 0.6) is 28.7 Å². The topological polar surface area (TPSA) is 98.4 Å². The molecule has 7 nitrogen and oxygen atoms in total. The van der Waals surface area contributed by atoms with Gasteiger partial charge in [-0.15, -0.1) is 0 Å². The van der Waals surface area contributed by atoms with Gasteiger partial charge in [0.05, 0.1) is 26.9 Å². The minimum absolute atomic E-state index is 0.0318. The number of phenols is 2. The molecule has 1 heterocycles. The van der Waals surface area contributed by atoms with Gasteiger partial charge in [-0.3, -0.25) is 4.79 Å². The van der Waals surface area contributed by atoms with Gasteiger partial charge in [-0.05, 0) is 17.7 Å². The Labute approximate surface area is 142 Å². The molecule has 0 unspecified atom stereocenters. The van der Waals surface area contributed by atoms with Crippen LogP contribution in [0.2, 0.25) is 0 Å². The smallest absolute Gasteiger partial charge is 0.204 e. The fourth-order valence-corrected chi connectivity index (χ4v) is 2.62. The maximum absolute atomic E-state index is 12.9. The van der Waals surface area contributed by atoms with E-state index in [4.69, 9.17) is 18.6 Å². The number of fused-ring (bicyclic) bond motifs is 1. The van der Waals surface area contributed by atoms with Gasteiger partial charge in [-0.2, -0.15) is 0 Å². The zero-order chi connectivity index (χ0) is 18.1. The van der Waals surface area contributed by atoms with Crippen LogP contribution < -0.4 is 19.6 Å². The van der Waals surface area contributed by atoms with Crippen molar-refractivity contribution in [3.05, 3.63) is 40.8 Å². The maximum Gasteiger partial charge on any atom is 0.204 e. The second-order valence-corrected chi connectivity index (χ2v) is 5.20. The fraction of sp³-hybridized carbons (Fsp3) is 0.167. The summed E-state index contributed by atoms with van der Waals surface area (Å²) in [5.74, 6) is -0.00888. The van der Waals surface area contributed by atoms with Crippen LogP contribution in [-0.2, 0) is 0 Å². The monoisotopic (exact) mass is 344 g/mol. The third-order valence-corrected chi connectivity index (χ3v) is 3.87. The summed E-state index contributed by atoms with van der Waals surface area (Å²) in [5.41, 5.74) is 0.533. The quantitative estimate of drug-likeness (QED) is 0.751. The summed E-state index contributed by atoms with van der Waals surface area (Å²) in [6.07, 6.45) is 1.30. The van der Waals surface area contributed by atoms with Gasteiger partial charge in [0.2, 0.25) is 11.2 Å². The molecule has 25 heavy (non-hydrogen) atoms. The Kier molecular flexibility index (Phi) is 4.14. The van der Waals surface area contributed by atoms with Crippen molar-refractivity contribution in [1.82, 2.24) is 0 Å². The summed E-state index contributed by atoms with van der Waals surface area (Å²) in [4.78, 5) is 12.9. The van der Waals surface area contributed by atoms with Crippen molar-refractivity contribution in [2.24, 2.45) is 0 Å². The predicted molar refractivity (Wildman–Crippen MR) is 90.9 cm³/mol. The van der Waals surface area contributed by atoms with Gasteiger partial charge >= 0.3 is 0 Å². The number of aromatic hydroxyl groups is 2. The van der Waals surface area contributed by atoms with E-state index in [1.54, 1.807) is 6.07 Å². The molecule has 0 amide bonds. The Hall–Kier alpha value is -3.35. The molecule has 0 saturated carbocycles. The first kappa shape index (κ1) is 16.5. The van der Waals surface area contributed by atoms with Gasteiger partial charge in [0, 0.05) is 6.07 Å². The number of methoxy groups -OCH3 is 3. The highest BCUT2D eigenvalue weighted by atomic mass is 16.5. The van der Waals surface area contributed by atoms with Crippen molar-refractivity contribution < 1.29 is 28.8 Å². The van der Waals surface area contributed by atoms with E-state index in [0.717, 1.165) is 0 Å². The number of rotatable bonds is 4. The van der Waals surface area contributed by atoms with Crippen LogP contribution in [0, 0.1) is 0 Å². The van der Waals surface area contributed by atoms with Crippen LogP contribution in [0.3, 0.4) is 0 Å². The average molecular weight is 344 g/mol. The van der Waals surface area contributed by atoms with Crippen LogP contribution in [0.25, 0.3) is 22.1 Å². The molecule has 0 fully saturated rings. The van der Waals surface area contributed by atoms with Crippen molar-refractivity contribution in [2.45, 2.75) is 0 Å². The van der Waals surface area contributed by atoms with E-state index < -0.39 is 5.43 Å². The summed E-state index contributed by atoms with van der Waals surface area (Å²) < 4.78 is 20.9. The molecule has 3 rings (SSSR count). The second kappa shape index (κ2) is 6.27. The first-order chi connectivity index (χ1) is 12.0. The largest absolute Gasteiger partial charge is 0.504 e. The Morgan fingerprint density at radius 1 is 0.960 bits per heavy atom. The third kappa shape index (κ3) is 2.59. The van der Waals surface area contributed by atoms with E-state index in [1.165, 1.54) is 45.8 Å². The first-order valence-corrected chi connectivity index (χ1v) is 7.28. The minimum atomic E-state index is -0.399. The highest BCUT2D eigenvalue weighted by Crippen LogP contribution is 2.42. The van der Waals surface area contributed by atoms with E-state index in [1.807, 2.05) is 0 Å². The minimum Gasteiger partial charge on any atom is -0.504 e. The molecule has 0 aliphatic carbocycles. The number of phenolic OH excluding ortho intramolecular Hbond substituents is 2. The molecule has 0 aliphatic heterocycles. The summed E-state index contributed by atoms with van der Waals surface area (Å²) in [6, 6.07) is 5.91. The van der Waals surface area contributed by atoms with E-state index >= 15 is 0 Å². The van der Waals surface area contributed by atoms with E-state index in [0.29, 0.717) is 5.56 Å². The summed E-state index contributed by atoms with van der Waals surface area (Å²) >= 11 is 0. The molecule has 0 spiro atoms. The van der Waals surface area contributed by atoms with Crippen LogP contribution in [0.15, 0.2) is 39.7 Å². The lowest BCUT2D eigenvalue weighted by Crippen LogP contribution is -2.07. The molecule has 0 aliphatic rings. The number of ether oxygens (including phenoxy) is 3. The van der Waals surface area contributed by atoms with Gasteiger partial charge in [0.25, 0.3) is 0 Å². The van der Waals surface area contributed by atoms with Gasteiger partial charge in [0.1, 0.15) is 17.2 Å². The van der Waals surface area contributed by atoms with Crippen LogP contribution >= 0.6 is 0 Å². The Balaban J connectivity index is 2.33. The summed E-state index contributed by atoms with van der Waals surface area (Å²) in [7, 11) is 4.13. The molecule has 130 valence electrons. The molecule has 3 aromatic rings. The maximum atomic E-state index is 12.9. The Morgan fingerprint density at radius 2 is 1.68 bits per heavy atom. The normalized spacial score (nSPS) is 10.7. The SMILES string of the molecule is COc1cc(-c2coc3cc(OC)c(O)c(OC)c3c2=O)ccc1O. The second-order valence-electron chi connectivity index (χ2n) is 5.20. The van der Waals surface area contributed by atoms with Gasteiger partial charge in [0.15, 0.2) is 23.0 Å². The van der Waals surface area contributed by atoms with Gasteiger partial charge in [-0.25, -0.2) is 0 Å². The van der Waals surface area contributed by atoms with Crippen molar-refractivity contribution in [3.8, 4) is 39.9 Å². The molecular formula is C18H16O7. The zero-order valence-electron chi connectivity index (χ0n) is 13.8. The van der Waals surface area contributed by atoms with Crippen LogP contribution in [-0.4, -0.2) is 31.5 Å². The van der Waals surface area contributed by atoms with E-state index in [-0.39, 0.29) is 45.3 Å². The van der Waals surface area contributed by atoms with Crippen molar-refractivity contribution in [3.63, 3.8) is 0 Å². The lowest BCUT2D eigenvalue weighted by Gasteiger charge is -2.12. The number of hydrogen-bond donors (Lipinski definition) is 2. The van der Waals surface area contributed by atoms with Gasteiger partial charge < -0.3 is 28.8 Å². The lowest BCUT2D eigenvalue weighted by molar-refractivity contribution is 0.342. The van der Waals surface area contributed by atoms with Crippen molar-refractivity contribution >= 4 is 11.0 Å². The van der Waals surface area contributed by atoms with E-state index in [2.05, 4.69) is 0 Å². The molecular weight excluding hydrogens is 328 g/mol. The fourth-order valence-electron chi connectivity index (χ4n) is 2.62. The zero-order valence-corrected chi connectivity index (χ0v) is 13.8. The molecule has 2 aromatic carbocycles. The Morgan fingerprint density at radius 3 is 2.32 bits per heavy atom. The average Bonchev–Trinajstić information content (AvgIpc) is 2.62. The summed E-state index contributed by atoms with van der Waals surface area (Å²) in [6.45, 7) is 0. The van der Waals surface area contributed by atoms with Crippen molar-refractivity contribution in [1.29, 1.82) is 0 Å². The molecule has 1 aromatic heterocycles.